The lowest BCUT2D eigenvalue weighted by molar-refractivity contribution is 0.437. The Balaban J connectivity index is 1.88. The molecule has 8 nitrogen and oxygen atoms in total. The highest BCUT2D eigenvalue weighted by atomic mass is 35.5. The van der Waals surface area contributed by atoms with E-state index in [4.69, 9.17) is 22.1 Å². The van der Waals surface area contributed by atoms with Crippen molar-refractivity contribution >= 4 is 34.9 Å². The first-order valence-electron chi connectivity index (χ1n) is 8.52. The number of benzene rings is 1. The van der Waals surface area contributed by atoms with Gasteiger partial charge in [0.1, 0.15) is 22.5 Å². The van der Waals surface area contributed by atoms with Gasteiger partial charge in [0.05, 0.1) is 17.6 Å². The molecule has 0 bridgehead atoms. The summed E-state index contributed by atoms with van der Waals surface area (Å²) in [5, 5.41) is 15.3. The van der Waals surface area contributed by atoms with Crippen molar-refractivity contribution in [2.24, 2.45) is 0 Å². The van der Waals surface area contributed by atoms with Crippen LogP contribution in [0.1, 0.15) is 18.4 Å². The Morgan fingerprint density at radius 3 is 2.69 bits per heavy atom. The van der Waals surface area contributed by atoms with Gasteiger partial charge >= 0.3 is 0 Å². The van der Waals surface area contributed by atoms with Crippen molar-refractivity contribution in [2.75, 3.05) is 23.4 Å². The lowest BCUT2D eigenvalue weighted by Gasteiger charge is -2.16. The van der Waals surface area contributed by atoms with Gasteiger partial charge in [0.25, 0.3) is 0 Å². The fraction of sp³-hybridized carbons (Fsp3) is 0.158. The number of halogens is 2. The summed E-state index contributed by atoms with van der Waals surface area (Å²) in [4.78, 5) is 11.9. The monoisotopic (exact) mass is 413 g/mol. The van der Waals surface area contributed by atoms with E-state index in [0.717, 1.165) is 0 Å². The predicted molar refractivity (Wildman–Crippen MR) is 109 cm³/mol. The van der Waals surface area contributed by atoms with Gasteiger partial charge in [-0.25, -0.2) is 14.4 Å². The number of rotatable bonds is 6. The molecule has 2 heterocycles. The number of anilines is 4. The molecule has 1 atom stereocenters. The van der Waals surface area contributed by atoms with Crippen molar-refractivity contribution < 1.29 is 9.13 Å². The second-order valence-electron chi connectivity index (χ2n) is 5.98. The first-order valence-corrected chi connectivity index (χ1v) is 8.89. The van der Waals surface area contributed by atoms with E-state index >= 15 is 0 Å². The summed E-state index contributed by atoms with van der Waals surface area (Å²) in [7, 11) is 1.69. The standard InChI is InChI=1S/C19H17ClFN7O/c1-10(9-22)17-14(5-6-25-18(17)24-2)29-13-4-3-11(7-12(13)21)26-16-8-15(20)27-19(23)28-16/h3-8,10H,1-2H3,(H,24,25)(H3,23,26,27,28). The second-order valence-corrected chi connectivity index (χ2v) is 6.37. The van der Waals surface area contributed by atoms with E-state index in [1.165, 1.54) is 24.4 Å². The van der Waals surface area contributed by atoms with Crippen LogP contribution in [0.15, 0.2) is 36.5 Å². The molecule has 0 aliphatic heterocycles. The molecule has 3 aromatic rings. The van der Waals surface area contributed by atoms with E-state index in [1.54, 1.807) is 26.1 Å². The maximum Gasteiger partial charge on any atom is 0.223 e. The molecule has 1 aromatic carbocycles. The zero-order chi connectivity index (χ0) is 21.0. The van der Waals surface area contributed by atoms with Crippen molar-refractivity contribution in [3.05, 3.63) is 53.1 Å². The van der Waals surface area contributed by atoms with Crippen LogP contribution < -0.4 is 21.1 Å². The number of nitrogens with zero attached hydrogens (tertiary/aromatic N) is 4. The molecule has 0 radical (unpaired) electrons. The average Bonchev–Trinajstić information content (AvgIpc) is 2.68. The van der Waals surface area contributed by atoms with E-state index in [2.05, 4.69) is 31.7 Å². The van der Waals surface area contributed by atoms with Crippen LogP contribution in [0.25, 0.3) is 0 Å². The summed E-state index contributed by atoms with van der Waals surface area (Å²) in [6.45, 7) is 1.71. The normalized spacial score (nSPS) is 11.4. The van der Waals surface area contributed by atoms with Gasteiger partial charge in [-0.15, -0.1) is 0 Å². The van der Waals surface area contributed by atoms with Gasteiger partial charge in [-0.1, -0.05) is 11.6 Å². The summed E-state index contributed by atoms with van der Waals surface area (Å²) in [6, 6.07) is 9.51. The number of aromatic nitrogens is 3. The Hall–Kier alpha value is -3.64. The van der Waals surface area contributed by atoms with Gasteiger partial charge in [0, 0.05) is 31.1 Å². The highest BCUT2D eigenvalue weighted by Crippen LogP contribution is 2.36. The van der Waals surface area contributed by atoms with Crippen LogP contribution in [0.3, 0.4) is 0 Å². The third-order valence-corrected chi connectivity index (χ3v) is 4.14. The quantitative estimate of drug-likeness (QED) is 0.506. The van der Waals surface area contributed by atoms with Gasteiger partial charge in [0.2, 0.25) is 5.95 Å². The van der Waals surface area contributed by atoms with Gasteiger partial charge < -0.3 is 21.1 Å². The van der Waals surface area contributed by atoms with Gasteiger partial charge in [-0.05, 0) is 25.1 Å². The second kappa shape index (κ2) is 8.58. The van der Waals surface area contributed by atoms with Crippen LogP contribution >= 0.6 is 11.6 Å². The molecule has 3 rings (SSSR count). The lowest BCUT2D eigenvalue weighted by atomic mass is 10.0. The van der Waals surface area contributed by atoms with Crippen molar-refractivity contribution in [1.82, 2.24) is 15.0 Å². The van der Waals surface area contributed by atoms with Crippen LogP contribution in [0.4, 0.5) is 27.7 Å². The molecule has 4 N–H and O–H groups in total. The van der Waals surface area contributed by atoms with Gasteiger partial charge in [-0.3, -0.25) is 0 Å². The molecule has 0 fully saturated rings. The molecule has 0 amide bonds. The molecule has 29 heavy (non-hydrogen) atoms. The molecule has 0 aliphatic rings. The SMILES string of the molecule is CNc1nccc(Oc2ccc(Nc3cc(Cl)nc(N)n3)cc2F)c1C(C)C#N. The largest absolute Gasteiger partial charge is 0.454 e. The van der Waals surface area contributed by atoms with Crippen LogP contribution in [0, 0.1) is 17.1 Å². The third kappa shape index (κ3) is 4.62. The Labute approximate surface area is 171 Å². The third-order valence-electron chi connectivity index (χ3n) is 3.95. The van der Waals surface area contributed by atoms with E-state index in [9.17, 15) is 9.65 Å². The van der Waals surface area contributed by atoms with E-state index in [-0.39, 0.29) is 16.9 Å². The minimum absolute atomic E-state index is 0.00223. The van der Waals surface area contributed by atoms with Crippen LogP contribution in [-0.4, -0.2) is 22.0 Å². The fourth-order valence-corrected chi connectivity index (χ4v) is 2.84. The molecule has 2 aromatic heterocycles. The molecule has 1 unspecified atom stereocenters. The first kappa shape index (κ1) is 20.1. The molecule has 0 saturated carbocycles. The molecule has 148 valence electrons. The van der Waals surface area contributed by atoms with Crippen molar-refractivity contribution in [3.8, 4) is 17.6 Å². The van der Waals surface area contributed by atoms with Gasteiger partial charge in [0.15, 0.2) is 11.6 Å². The highest BCUT2D eigenvalue weighted by Gasteiger charge is 2.18. The van der Waals surface area contributed by atoms with Gasteiger partial charge in [-0.2, -0.15) is 10.2 Å². The number of hydrogen-bond acceptors (Lipinski definition) is 8. The molecular formula is C19H17ClFN7O. The Kier molecular flexibility index (Phi) is 5.95. The summed E-state index contributed by atoms with van der Waals surface area (Å²) >= 11 is 5.84. The number of hydrogen-bond donors (Lipinski definition) is 3. The van der Waals surface area contributed by atoms with Crippen LogP contribution in [0.5, 0.6) is 11.5 Å². The van der Waals surface area contributed by atoms with Crippen molar-refractivity contribution in [1.29, 1.82) is 5.26 Å². The number of nitrogens with one attached hydrogen (secondary N) is 2. The minimum atomic E-state index is -0.610. The van der Waals surface area contributed by atoms with Crippen molar-refractivity contribution in [2.45, 2.75) is 12.8 Å². The molecule has 10 heteroatoms. The van der Waals surface area contributed by atoms with E-state index < -0.39 is 11.7 Å². The number of pyridine rings is 1. The fourth-order valence-electron chi connectivity index (χ4n) is 2.65. The summed E-state index contributed by atoms with van der Waals surface area (Å²) < 4.78 is 20.4. The van der Waals surface area contributed by atoms with Crippen molar-refractivity contribution in [3.63, 3.8) is 0 Å². The molecule has 0 aliphatic carbocycles. The predicted octanol–water partition coefficient (Wildman–Crippen LogP) is 4.45. The van der Waals surface area contributed by atoms with Crippen LogP contribution in [-0.2, 0) is 0 Å². The summed E-state index contributed by atoms with van der Waals surface area (Å²) in [5.74, 6) is 0.0444. The van der Waals surface area contributed by atoms with Crippen LogP contribution in [0.2, 0.25) is 5.15 Å². The molecule has 0 saturated heterocycles. The minimum Gasteiger partial charge on any atom is -0.454 e. The Morgan fingerprint density at radius 2 is 2.03 bits per heavy atom. The zero-order valence-electron chi connectivity index (χ0n) is 15.6. The molecule has 0 spiro atoms. The Bertz CT molecular complexity index is 1070. The number of nitrogens with two attached hydrogens (primary N) is 1. The Morgan fingerprint density at radius 1 is 1.24 bits per heavy atom. The summed E-state index contributed by atoms with van der Waals surface area (Å²) in [6.07, 6.45) is 1.52. The number of nitriles is 1. The summed E-state index contributed by atoms with van der Waals surface area (Å²) in [5.41, 5.74) is 6.52. The smallest absolute Gasteiger partial charge is 0.223 e. The van der Waals surface area contributed by atoms with E-state index in [0.29, 0.717) is 28.6 Å². The maximum atomic E-state index is 14.6. The van der Waals surface area contributed by atoms with E-state index in [1.807, 2.05) is 0 Å². The zero-order valence-corrected chi connectivity index (χ0v) is 16.3. The topological polar surface area (TPSA) is 122 Å². The lowest BCUT2D eigenvalue weighted by Crippen LogP contribution is -2.04. The molecular weight excluding hydrogens is 397 g/mol. The highest BCUT2D eigenvalue weighted by molar-refractivity contribution is 6.29. The first-order chi connectivity index (χ1) is 13.9. The number of ether oxygens (including phenoxy) is 1. The maximum absolute atomic E-state index is 14.6. The number of nitrogen functional groups attached to an aromatic ring is 1. The average molecular weight is 414 g/mol.